The van der Waals surface area contributed by atoms with Crippen LogP contribution >= 0.6 is 0 Å². The lowest BCUT2D eigenvalue weighted by Gasteiger charge is -2.32. The molecular weight excluding hydrogens is 474 g/mol. The van der Waals surface area contributed by atoms with Gasteiger partial charge >= 0.3 is 0 Å². The van der Waals surface area contributed by atoms with Crippen LogP contribution in [-0.4, -0.2) is 71.3 Å². The van der Waals surface area contributed by atoms with Gasteiger partial charge in [0.2, 0.25) is 21.8 Å². The van der Waals surface area contributed by atoms with E-state index in [-0.39, 0.29) is 18.1 Å². The van der Waals surface area contributed by atoms with Crippen molar-refractivity contribution in [2.45, 2.75) is 25.9 Å². The van der Waals surface area contributed by atoms with Crippen molar-refractivity contribution in [3.8, 4) is 17.2 Å². The molecule has 1 heterocycles. The number of anilines is 1. The second kappa shape index (κ2) is 11.3. The first-order valence-corrected chi connectivity index (χ1v) is 13.0. The lowest BCUT2D eigenvalue weighted by atomic mass is 10.1. The van der Waals surface area contributed by atoms with Crippen LogP contribution in [0, 0.1) is 0 Å². The summed E-state index contributed by atoms with van der Waals surface area (Å²) in [6, 6.07) is 11.1. The molecule has 2 aromatic carbocycles. The number of amides is 2. The lowest BCUT2D eigenvalue weighted by Crippen LogP contribution is -2.51. The first-order chi connectivity index (χ1) is 16.7. The molecule has 3 rings (SSSR count). The number of sulfonamides is 1. The SMILES string of the molecule is CC[C@H](C(=O)NC)N(Cc1cccc(OC)c1)C(=O)CN(c1ccc2c(c1)OCCO2)S(C)(=O)=O. The van der Waals surface area contributed by atoms with Gasteiger partial charge in [0.25, 0.3) is 0 Å². The second-order valence-electron chi connectivity index (χ2n) is 8.01. The van der Waals surface area contributed by atoms with Crippen molar-refractivity contribution < 1.29 is 32.2 Å². The normalized spacial score (nSPS) is 13.5. The second-order valence-corrected chi connectivity index (χ2v) is 9.92. The minimum Gasteiger partial charge on any atom is -0.497 e. The molecule has 2 amide bonds. The number of hydrogen-bond acceptors (Lipinski definition) is 7. The van der Waals surface area contributed by atoms with E-state index >= 15 is 0 Å². The summed E-state index contributed by atoms with van der Waals surface area (Å²) >= 11 is 0. The zero-order valence-electron chi connectivity index (χ0n) is 20.3. The van der Waals surface area contributed by atoms with Crippen LogP contribution in [0.2, 0.25) is 0 Å². The number of carbonyl (C=O) groups is 2. The van der Waals surface area contributed by atoms with Gasteiger partial charge in [0.15, 0.2) is 11.5 Å². The van der Waals surface area contributed by atoms with Crippen molar-refractivity contribution in [3.63, 3.8) is 0 Å². The highest BCUT2D eigenvalue weighted by Gasteiger charge is 2.31. The molecule has 1 N–H and O–H groups in total. The molecule has 0 saturated carbocycles. The van der Waals surface area contributed by atoms with Gasteiger partial charge in [0.05, 0.1) is 19.1 Å². The smallest absolute Gasteiger partial charge is 0.244 e. The van der Waals surface area contributed by atoms with Gasteiger partial charge in [0, 0.05) is 19.7 Å². The Morgan fingerprint density at radius 2 is 1.83 bits per heavy atom. The third-order valence-corrected chi connectivity index (χ3v) is 6.75. The molecule has 0 radical (unpaired) electrons. The van der Waals surface area contributed by atoms with Gasteiger partial charge in [-0.25, -0.2) is 8.42 Å². The highest BCUT2D eigenvalue weighted by Crippen LogP contribution is 2.34. The summed E-state index contributed by atoms with van der Waals surface area (Å²) in [5.74, 6) is 0.652. The molecule has 0 spiro atoms. The van der Waals surface area contributed by atoms with E-state index in [1.165, 1.54) is 18.0 Å². The lowest BCUT2D eigenvalue weighted by molar-refractivity contribution is -0.140. The number of likely N-dealkylation sites (N-methyl/N-ethyl adjacent to an activating group) is 1. The number of carbonyl (C=O) groups excluding carboxylic acids is 2. The third-order valence-electron chi connectivity index (χ3n) is 5.61. The maximum Gasteiger partial charge on any atom is 0.244 e. The zero-order chi connectivity index (χ0) is 25.6. The number of hydrogen-bond donors (Lipinski definition) is 1. The first kappa shape index (κ1) is 26.1. The van der Waals surface area contributed by atoms with E-state index in [1.54, 1.807) is 44.4 Å². The minimum absolute atomic E-state index is 0.0979. The van der Waals surface area contributed by atoms with Crippen LogP contribution in [-0.2, 0) is 26.2 Å². The average Bonchev–Trinajstić information content (AvgIpc) is 2.85. The van der Waals surface area contributed by atoms with Crippen molar-refractivity contribution in [2.75, 3.05) is 44.5 Å². The van der Waals surface area contributed by atoms with E-state index in [2.05, 4.69) is 5.32 Å². The van der Waals surface area contributed by atoms with E-state index in [4.69, 9.17) is 14.2 Å². The van der Waals surface area contributed by atoms with E-state index < -0.39 is 28.5 Å². The fraction of sp³-hybridized carbons (Fsp3) is 0.417. The fourth-order valence-corrected chi connectivity index (χ4v) is 4.70. The predicted octanol–water partition coefficient (Wildman–Crippen LogP) is 1.79. The molecule has 190 valence electrons. The van der Waals surface area contributed by atoms with E-state index in [0.717, 1.165) is 16.1 Å². The number of benzene rings is 2. The minimum atomic E-state index is -3.85. The number of ether oxygens (including phenoxy) is 3. The summed E-state index contributed by atoms with van der Waals surface area (Å²) in [5.41, 5.74) is 1.00. The Bertz CT molecular complexity index is 1170. The van der Waals surface area contributed by atoms with Crippen molar-refractivity contribution >= 4 is 27.5 Å². The average molecular weight is 506 g/mol. The van der Waals surface area contributed by atoms with Crippen molar-refractivity contribution in [2.24, 2.45) is 0 Å². The van der Waals surface area contributed by atoms with Gasteiger partial charge in [-0.05, 0) is 36.2 Å². The van der Waals surface area contributed by atoms with Gasteiger partial charge in [-0.15, -0.1) is 0 Å². The Hall–Kier alpha value is -3.47. The molecule has 0 fully saturated rings. The van der Waals surface area contributed by atoms with Gasteiger partial charge in [-0.3, -0.25) is 13.9 Å². The van der Waals surface area contributed by atoms with Gasteiger partial charge < -0.3 is 24.4 Å². The van der Waals surface area contributed by atoms with Crippen LogP contribution in [0.5, 0.6) is 17.2 Å². The largest absolute Gasteiger partial charge is 0.497 e. The van der Waals surface area contributed by atoms with Crippen molar-refractivity contribution in [1.82, 2.24) is 10.2 Å². The molecule has 1 aliphatic rings. The molecule has 11 heteroatoms. The number of nitrogens with one attached hydrogen (secondary N) is 1. The molecule has 0 aliphatic carbocycles. The molecular formula is C24H31N3O7S. The Morgan fingerprint density at radius 1 is 1.11 bits per heavy atom. The fourth-order valence-electron chi connectivity index (χ4n) is 3.85. The van der Waals surface area contributed by atoms with Crippen LogP contribution in [0.15, 0.2) is 42.5 Å². The molecule has 2 aromatic rings. The zero-order valence-corrected chi connectivity index (χ0v) is 21.1. The van der Waals surface area contributed by atoms with Gasteiger partial charge in [0.1, 0.15) is 31.5 Å². The number of rotatable bonds is 10. The predicted molar refractivity (Wildman–Crippen MR) is 131 cm³/mol. The Balaban J connectivity index is 1.95. The summed E-state index contributed by atoms with van der Waals surface area (Å²) in [6.07, 6.45) is 1.37. The Kier molecular flexibility index (Phi) is 8.44. The van der Waals surface area contributed by atoms with Crippen molar-refractivity contribution in [1.29, 1.82) is 0 Å². The van der Waals surface area contributed by atoms with Crippen LogP contribution in [0.25, 0.3) is 0 Å². The Morgan fingerprint density at radius 3 is 2.46 bits per heavy atom. The number of fused-ring (bicyclic) bond motifs is 1. The molecule has 35 heavy (non-hydrogen) atoms. The summed E-state index contributed by atoms with van der Waals surface area (Å²) in [7, 11) is -0.808. The molecule has 10 nitrogen and oxygen atoms in total. The van der Waals surface area contributed by atoms with Crippen LogP contribution in [0.4, 0.5) is 5.69 Å². The highest BCUT2D eigenvalue weighted by molar-refractivity contribution is 7.92. The maximum atomic E-state index is 13.6. The summed E-state index contributed by atoms with van der Waals surface area (Å²) in [5, 5.41) is 2.59. The highest BCUT2D eigenvalue weighted by atomic mass is 32.2. The van der Waals surface area contributed by atoms with Gasteiger partial charge in [-0.2, -0.15) is 0 Å². The van der Waals surface area contributed by atoms with E-state index in [1.807, 2.05) is 6.07 Å². The standard InChI is InChI=1S/C24H31N3O7S/c1-5-20(24(29)25-2)26(15-17-7-6-8-19(13-17)32-3)23(28)16-27(35(4,30)31)18-9-10-21-22(14-18)34-12-11-33-21/h6-10,13-14,20H,5,11-12,15-16H2,1-4H3,(H,25,29)/t20-/m1/s1. The number of nitrogens with zero attached hydrogens (tertiary/aromatic N) is 2. The van der Waals surface area contributed by atoms with Crippen LogP contribution < -0.4 is 23.8 Å². The topological polar surface area (TPSA) is 114 Å². The quantitative estimate of drug-likeness (QED) is 0.524. The molecule has 1 aliphatic heterocycles. The van der Waals surface area contributed by atoms with Gasteiger partial charge in [-0.1, -0.05) is 19.1 Å². The first-order valence-electron chi connectivity index (χ1n) is 11.2. The number of methoxy groups -OCH3 is 1. The summed E-state index contributed by atoms with van der Waals surface area (Å²) < 4.78 is 42.8. The van der Waals surface area contributed by atoms with E-state index in [0.29, 0.717) is 36.9 Å². The summed E-state index contributed by atoms with van der Waals surface area (Å²) in [4.78, 5) is 27.6. The van der Waals surface area contributed by atoms with Crippen LogP contribution in [0.1, 0.15) is 18.9 Å². The summed E-state index contributed by atoms with van der Waals surface area (Å²) in [6.45, 7) is 2.14. The molecule has 0 aromatic heterocycles. The van der Waals surface area contributed by atoms with Crippen LogP contribution in [0.3, 0.4) is 0 Å². The molecule has 0 saturated heterocycles. The monoisotopic (exact) mass is 505 g/mol. The third kappa shape index (κ3) is 6.36. The molecule has 1 atom stereocenters. The van der Waals surface area contributed by atoms with E-state index in [9.17, 15) is 18.0 Å². The molecule has 0 unspecified atom stereocenters. The molecule has 0 bridgehead atoms. The maximum absolute atomic E-state index is 13.6. The van der Waals surface area contributed by atoms with Crippen molar-refractivity contribution in [3.05, 3.63) is 48.0 Å². The Labute approximate surface area is 205 Å².